The van der Waals surface area contributed by atoms with Crippen molar-refractivity contribution in [3.8, 4) is 6.07 Å². The molecule has 1 N–H and O–H groups in total. The molecule has 31 heavy (non-hydrogen) atoms. The molecule has 3 aromatic rings. The van der Waals surface area contributed by atoms with Crippen LogP contribution in [0.25, 0.3) is 0 Å². The molecule has 0 radical (unpaired) electrons. The zero-order chi connectivity index (χ0) is 22.6. The summed E-state index contributed by atoms with van der Waals surface area (Å²) < 4.78 is 40.8. The molecule has 0 aliphatic heterocycles. The van der Waals surface area contributed by atoms with Gasteiger partial charge >= 0.3 is 6.18 Å². The van der Waals surface area contributed by atoms with Gasteiger partial charge in [0.25, 0.3) is 0 Å². The molecule has 2 heterocycles. The summed E-state index contributed by atoms with van der Waals surface area (Å²) in [6.07, 6.45) is -4.91. The number of amides is 1. The number of benzene rings is 1. The van der Waals surface area contributed by atoms with E-state index in [0.717, 1.165) is 23.0 Å². The quantitative estimate of drug-likeness (QED) is 0.398. The number of nitriles is 1. The van der Waals surface area contributed by atoms with Gasteiger partial charge in [-0.1, -0.05) is 36.0 Å². The van der Waals surface area contributed by atoms with E-state index in [-0.39, 0.29) is 21.2 Å². The van der Waals surface area contributed by atoms with Gasteiger partial charge in [-0.3, -0.25) is 9.59 Å². The summed E-state index contributed by atoms with van der Waals surface area (Å²) >= 11 is 1.69. The summed E-state index contributed by atoms with van der Waals surface area (Å²) in [7, 11) is 0. The van der Waals surface area contributed by atoms with Crippen LogP contribution in [0.1, 0.15) is 32.1 Å². The molecular formula is C21H14F3N3O2S2. The third-order valence-corrected chi connectivity index (χ3v) is 5.99. The summed E-state index contributed by atoms with van der Waals surface area (Å²) in [4.78, 5) is 28.4. The van der Waals surface area contributed by atoms with E-state index in [2.05, 4.69) is 10.3 Å². The number of hydrogen-bond donors (Lipinski definition) is 1. The minimum Gasteiger partial charge on any atom is -0.325 e. The number of hydrogen-bond acceptors (Lipinski definition) is 6. The minimum absolute atomic E-state index is 0.106. The maximum Gasteiger partial charge on any atom is 0.434 e. The fourth-order valence-electron chi connectivity index (χ4n) is 2.65. The molecule has 3 rings (SSSR count). The molecule has 10 heteroatoms. The smallest absolute Gasteiger partial charge is 0.325 e. The summed E-state index contributed by atoms with van der Waals surface area (Å²) in [5.74, 6) is -1.58. The van der Waals surface area contributed by atoms with Crippen LogP contribution in [0.15, 0.2) is 52.9 Å². The number of ketones is 1. The topological polar surface area (TPSA) is 82.8 Å². The molecule has 158 valence electrons. The number of alkyl halides is 3. The van der Waals surface area contributed by atoms with Gasteiger partial charge < -0.3 is 5.32 Å². The monoisotopic (exact) mass is 461 g/mol. The van der Waals surface area contributed by atoms with Gasteiger partial charge in [0, 0.05) is 5.69 Å². The number of nitrogens with one attached hydrogen (secondary N) is 1. The molecule has 1 amide bonds. The average molecular weight is 461 g/mol. The van der Waals surface area contributed by atoms with Gasteiger partial charge in [0.05, 0.1) is 21.8 Å². The largest absolute Gasteiger partial charge is 0.434 e. The standard InChI is InChI=1S/C21H14F3N3O2S2/c1-12-5-2-3-6-15(12)26-17(28)11-31-20-13(10-25)9-14(19(27-20)21(22,23)24)18(29)16-7-4-8-30-16/h2-9H,11H2,1H3,(H,26,28). The molecule has 5 nitrogen and oxygen atoms in total. The molecule has 0 aliphatic rings. The first-order valence-electron chi connectivity index (χ1n) is 8.79. The Hall–Kier alpha value is -3.16. The van der Waals surface area contributed by atoms with Gasteiger partial charge in [0.2, 0.25) is 11.7 Å². The Morgan fingerprint density at radius 3 is 2.58 bits per heavy atom. The summed E-state index contributed by atoms with van der Waals surface area (Å²) in [5.41, 5.74) is -0.879. The van der Waals surface area contributed by atoms with Gasteiger partial charge in [-0.25, -0.2) is 4.98 Å². The SMILES string of the molecule is Cc1ccccc1NC(=O)CSc1nc(C(F)(F)F)c(C(=O)c2cccs2)cc1C#N. The molecule has 0 aliphatic carbocycles. The lowest BCUT2D eigenvalue weighted by Crippen LogP contribution is -2.18. The van der Waals surface area contributed by atoms with Crippen LogP contribution in [0.5, 0.6) is 0 Å². The van der Waals surface area contributed by atoms with E-state index < -0.39 is 29.1 Å². The van der Waals surface area contributed by atoms with Crippen LogP contribution in [-0.2, 0) is 11.0 Å². The Bertz CT molecular complexity index is 1170. The second-order valence-electron chi connectivity index (χ2n) is 6.31. The third-order valence-electron chi connectivity index (χ3n) is 4.13. The Morgan fingerprint density at radius 2 is 1.97 bits per heavy atom. The molecule has 0 saturated heterocycles. The highest BCUT2D eigenvalue weighted by atomic mass is 32.2. The summed E-state index contributed by atoms with van der Waals surface area (Å²) in [6.45, 7) is 1.80. The first-order chi connectivity index (χ1) is 14.7. The van der Waals surface area contributed by atoms with Crippen molar-refractivity contribution in [1.29, 1.82) is 5.26 Å². The molecule has 1 aromatic carbocycles. The Kier molecular flexibility index (Phi) is 6.77. The number of carbonyl (C=O) groups excluding carboxylic acids is 2. The lowest BCUT2D eigenvalue weighted by atomic mass is 10.1. The lowest BCUT2D eigenvalue weighted by Gasteiger charge is -2.14. The average Bonchev–Trinajstić information content (AvgIpc) is 3.27. The molecule has 0 bridgehead atoms. The molecule has 0 unspecified atom stereocenters. The number of nitrogens with zero attached hydrogens (tertiary/aromatic N) is 2. The number of para-hydroxylation sites is 1. The summed E-state index contributed by atoms with van der Waals surface area (Å²) in [5, 5.41) is 13.4. The van der Waals surface area contributed by atoms with Crippen LogP contribution in [0.2, 0.25) is 0 Å². The van der Waals surface area contributed by atoms with Gasteiger partial charge in [-0.15, -0.1) is 11.3 Å². The minimum atomic E-state index is -4.91. The number of pyridine rings is 1. The van der Waals surface area contributed by atoms with E-state index in [1.54, 1.807) is 48.7 Å². The molecule has 0 atom stereocenters. The number of anilines is 1. The predicted octanol–water partition coefficient (Wildman–Crippen LogP) is 5.30. The first-order valence-corrected chi connectivity index (χ1v) is 10.7. The Morgan fingerprint density at radius 1 is 1.23 bits per heavy atom. The lowest BCUT2D eigenvalue weighted by molar-refractivity contribution is -0.141. The van der Waals surface area contributed by atoms with E-state index in [0.29, 0.717) is 17.4 Å². The van der Waals surface area contributed by atoms with E-state index >= 15 is 0 Å². The van der Waals surface area contributed by atoms with E-state index in [4.69, 9.17) is 0 Å². The molecule has 2 aromatic heterocycles. The highest BCUT2D eigenvalue weighted by Crippen LogP contribution is 2.35. The van der Waals surface area contributed by atoms with Crippen molar-refractivity contribution in [2.24, 2.45) is 0 Å². The van der Waals surface area contributed by atoms with Gasteiger partial charge in [0.1, 0.15) is 11.1 Å². The van der Waals surface area contributed by atoms with Crippen LogP contribution in [0.3, 0.4) is 0 Å². The number of carbonyl (C=O) groups is 2. The van der Waals surface area contributed by atoms with Crippen LogP contribution in [0.4, 0.5) is 18.9 Å². The number of aromatic nitrogens is 1. The summed E-state index contributed by atoms with van der Waals surface area (Å²) in [6, 6.07) is 12.6. The van der Waals surface area contributed by atoms with Crippen molar-refractivity contribution in [2.45, 2.75) is 18.1 Å². The number of rotatable bonds is 6. The maximum atomic E-state index is 13.6. The van der Waals surface area contributed by atoms with Gasteiger partial charge in [0.15, 0.2) is 5.69 Å². The van der Waals surface area contributed by atoms with E-state index in [9.17, 15) is 28.0 Å². The van der Waals surface area contributed by atoms with Crippen molar-refractivity contribution in [2.75, 3.05) is 11.1 Å². The predicted molar refractivity (Wildman–Crippen MR) is 112 cm³/mol. The number of thiophene rings is 1. The number of thioether (sulfide) groups is 1. The second-order valence-corrected chi connectivity index (χ2v) is 8.22. The zero-order valence-electron chi connectivity index (χ0n) is 16.0. The third kappa shape index (κ3) is 5.31. The fourth-order valence-corrected chi connectivity index (χ4v) is 4.08. The van der Waals surface area contributed by atoms with Crippen molar-refractivity contribution < 1.29 is 22.8 Å². The van der Waals surface area contributed by atoms with Crippen LogP contribution < -0.4 is 5.32 Å². The number of aryl methyl sites for hydroxylation is 1. The molecular weight excluding hydrogens is 447 g/mol. The zero-order valence-corrected chi connectivity index (χ0v) is 17.6. The normalized spacial score (nSPS) is 11.1. The molecule has 0 saturated carbocycles. The fraction of sp³-hybridized carbons (Fsp3) is 0.143. The van der Waals surface area contributed by atoms with E-state index in [1.807, 2.05) is 0 Å². The second kappa shape index (κ2) is 9.32. The van der Waals surface area contributed by atoms with Gasteiger partial charge in [-0.05, 0) is 36.1 Å². The highest BCUT2D eigenvalue weighted by molar-refractivity contribution is 8.00. The first kappa shape index (κ1) is 22.5. The van der Waals surface area contributed by atoms with Crippen molar-refractivity contribution in [3.63, 3.8) is 0 Å². The van der Waals surface area contributed by atoms with Crippen LogP contribution in [0, 0.1) is 18.3 Å². The highest BCUT2D eigenvalue weighted by Gasteiger charge is 2.38. The Balaban J connectivity index is 1.88. The Labute approximate surface area is 183 Å². The molecule has 0 fully saturated rings. The molecule has 0 spiro atoms. The van der Waals surface area contributed by atoms with E-state index in [1.165, 1.54) is 6.07 Å². The van der Waals surface area contributed by atoms with Crippen LogP contribution >= 0.6 is 23.1 Å². The number of halogens is 3. The maximum absolute atomic E-state index is 13.6. The van der Waals surface area contributed by atoms with Crippen LogP contribution in [-0.4, -0.2) is 22.4 Å². The van der Waals surface area contributed by atoms with Crippen molar-refractivity contribution in [1.82, 2.24) is 4.98 Å². The van der Waals surface area contributed by atoms with Gasteiger partial charge in [-0.2, -0.15) is 18.4 Å². The van der Waals surface area contributed by atoms with Crippen molar-refractivity contribution in [3.05, 3.63) is 75.1 Å². The van der Waals surface area contributed by atoms with Crippen molar-refractivity contribution >= 4 is 40.5 Å².